The summed E-state index contributed by atoms with van der Waals surface area (Å²) in [6, 6.07) is 7.24. The first kappa shape index (κ1) is 19.1. The van der Waals surface area contributed by atoms with Crippen LogP contribution in [0, 0.1) is 0 Å². The molecule has 1 aromatic heterocycles. The molecule has 0 atom stereocenters. The van der Waals surface area contributed by atoms with E-state index >= 15 is 0 Å². The monoisotopic (exact) mass is 381 g/mol. The van der Waals surface area contributed by atoms with Gasteiger partial charge in [0.25, 0.3) is 11.8 Å². The van der Waals surface area contributed by atoms with Gasteiger partial charge in [0, 0.05) is 24.5 Å². The maximum Gasteiger partial charge on any atom is 0.256 e. The third-order valence-electron chi connectivity index (χ3n) is 3.52. The van der Waals surface area contributed by atoms with Crippen molar-refractivity contribution in [1.29, 1.82) is 0 Å². The summed E-state index contributed by atoms with van der Waals surface area (Å²) in [5.74, 6) is -1.06. The van der Waals surface area contributed by atoms with Crippen LogP contribution >= 0.6 is 11.3 Å². The van der Waals surface area contributed by atoms with Crippen molar-refractivity contribution in [3.63, 3.8) is 0 Å². The number of nitrogens with zero attached hydrogens (tertiary/aromatic N) is 1. The van der Waals surface area contributed by atoms with Crippen LogP contribution in [0.15, 0.2) is 35.2 Å². The number of hydrogen-bond donors (Lipinski definition) is 2. The summed E-state index contributed by atoms with van der Waals surface area (Å²) in [4.78, 5) is 24.9. The van der Waals surface area contributed by atoms with E-state index in [1.807, 2.05) is 6.92 Å². The van der Waals surface area contributed by atoms with Crippen molar-refractivity contribution in [2.24, 2.45) is 5.73 Å². The molecule has 2 aromatic rings. The van der Waals surface area contributed by atoms with E-state index in [1.54, 1.807) is 6.07 Å². The quantitative estimate of drug-likeness (QED) is 0.796. The highest BCUT2D eigenvalue weighted by molar-refractivity contribution is 7.89. The summed E-state index contributed by atoms with van der Waals surface area (Å²) in [7, 11) is -0.686. The predicted molar refractivity (Wildman–Crippen MR) is 97.5 cm³/mol. The third kappa shape index (κ3) is 4.06. The Balaban J connectivity index is 2.25. The van der Waals surface area contributed by atoms with E-state index in [4.69, 9.17) is 5.73 Å². The summed E-state index contributed by atoms with van der Waals surface area (Å²) in [6.07, 6.45) is 0.720. The Hall–Kier alpha value is -2.23. The smallest absolute Gasteiger partial charge is 0.256 e. The Kier molecular flexibility index (Phi) is 5.61. The Morgan fingerprint density at radius 1 is 1.20 bits per heavy atom. The largest absolute Gasteiger partial charge is 0.366 e. The molecule has 25 heavy (non-hydrogen) atoms. The number of benzene rings is 1. The average Bonchev–Trinajstić information content (AvgIpc) is 2.98. The van der Waals surface area contributed by atoms with Crippen molar-refractivity contribution in [3.8, 4) is 0 Å². The van der Waals surface area contributed by atoms with Crippen LogP contribution in [0.25, 0.3) is 0 Å². The van der Waals surface area contributed by atoms with Crippen LogP contribution < -0.4 is 11.1 Å². The minimum atomic E-state index is -3.55. The highest BCUT2D eigenvalue weighted by atomic mass is 32.2. The topological polar surface area (TPSA) is 110 Å². The molecule has 2 amide bonds. The first-order valence-electron chi connectivity index (χ1n) is 7.43. The lowest BCUT2D eigenvalue weighted by atomic mass is 10.2. The van der Waals surface area contributed by atoms with Crippen molar-refractivity contribution in [1.82, 2.24) is 4.31 Å². The standard InChI is InChI=1S/C16H19N3O4S2/c1-4-11-9-13(14(17)20)16(24-11)18-15(21)10-5-7-12(8-6-10)25(22,23)19(2)3/h5-9H,4H2,1-3H3,(H2,17,20)(H,18,21). The van der Waals surface area contributed by atoms with Crippen LogP contribution in [0.1, 0.15) is 32.5 Å². The van der Waals surface area contributed by atoms with Gasteiger partial charge >= 0.3 is 0 Å². The minimum absolute atomic E-state index is 0.0938. The molecule has 0 saturated carbocycles. The highest BCUT2D eigenvalue weighted by Crippen LogP contribution is 2.28. The molecule has 2 rings (SSSR count). The average molecular weight is 381 g/mol. The van der Waals surface area contributed by atoms with E-state index < -0.39 is 21.8 Å². The molecule has 0 aliphatic carbocycles. The fourth-order valence-electron chi connectivity index (χ4n) is 2.06. The number of primary amides is 1. The van der Waals surface area contributed by atoms with Gasteiger partial charge in [0.1, 0.15) is 5.00 Å². The number of sulfonamides is 1. The van der Waals surface area contributed by atoms with Crippen molar-refractivity contribution in [2.45, 2.75) is 18.2 Å². The summed E-state index contributed by atoms with van der Waals surface area (Å²) < 4.78 is 25.2. The molecule has 3 N–H and O–H groups in total. The van der Waals surface area contributed by atoms with Gasteiger partial charge in [0.2, 0.25) is 10.0 Å². The lowest BCUT2D eigenvalue weighted by molar-refractivity contribution is 0.100. The summed E-state index contributed by atoms with van der Waals surface area (Å²) >= 11 is 1.29. The van der Waals surface area contributed by atoms with Gasteiger partial charge in [-0.25, -0.2) is 12.7 Å². The van der Waals surface area contributed by atoms with Gasteiger partial charge in [-0.2, -0.15) is 0 Å². The maximum absolute atomic E-state index is 12.4. The van der Waals surface area contributed by atoms with Crippen LogP contribution in [-0.4, -0.2) is 38.6 Å². The first-order valence-corrected chi connectivity index (χ1v) is 9.69. The van der Waals surface area contributed by atoms with Gasteiger partial charge in [-0.15, -0.1) is 11.3 Å². The molecule has 0 spiro atoms. The molecule has 9 heteroatoms. The van der Waals surface area contributed by atoms with Crippen molar-refractivity contribution in [2.75, 3.05) is 19.4 Å². The molecule has 0 aliphatic rings. The molecule has 0 aliphatic heterocycles. The van der Waals surface area contributed by atoms with E-state index in [-0.39, 0.29) is 16.0 Å². The summed E-state index contributed by atoms with van der Waals surface area (Å²) in [5.41, 5.74) is 5.88. The maximum atomic E-state index is 12.4. The van der Waals surface area contributed by atoms with E-state index in [0.29, 0.717) is 5.00 Å². The van der Waals surface area contributed by atoms with Crippen molar-refractivity contribution >= 4 is 38.2 Å². The zero-order chi connectivity index (χ0) is 18.8. The fraction of sp³-hybridized carbons (Fsp3) is 0.250. The zero-order valence-corrected chi connectivity index (χ0v) is 15.7. The predicted octanol–water partition coefficient (Wildman–Crippen LogP) is 1.91. The van der Waals surface area contributed by atoms with E-state index in [2.05, 4.69) is 5.32 Å². The minimum Gasteiger partial charge on any atom is -0.366 e. The molecule has 1 aromatic carbocycles. The van der Waals surface area contributed by atoms with Crippen LogP contribution in [-0.2, 0) is 16.4 Å². The molecule has 0 radical (unpaired) electrons. The first-order chi connectivity index (χ1) is 11.7. The van der Waals surface area contributed by atoms with E-state index in [9.17, 15) is 18.0 Å². The van der Waals surface area contributed by atoms with E-state index in [0.717, 1.165) is 15.6 Å². The molecule has 1 heterocycles. The molecule has 0 unspecified atom stereocenters. The van der Waals surface area contributed by atoms with Crippen molar-refractivity contribution in [3.05, 3.63) is 46.3 Å². The van der Waals surface area contributed by atoms with Crippen molar-refractivity contribution < 1.29 is 18.0 Å². The number of anilines is 1. The molecule has 7 nitrogen and oxygen atoms in total. The number of rotatable bonds is 6. The molecule has 0 fully saturated rings. The molecular weight excluding hydrogens is 362 g/mol. The summed E-state index contributed by atoms with van der Waals surface area (Å²) in [5, 5.41) is 3.05. The SMILES string of the molecule is CCc1cc(C(N)=O)c(NC(=O)c2ccc(S(=O)(=O)N(C)C)cc2)s1. The summed E-state index contributed by atoms with van der Waals surface area (Å²) in [6.45, 7) is 1.94. The van der Waals surface area contributed by atoms with Crippen LogP contribution in [0.4, 0.5) is 5.00 Å². The second kappa shape index (κ2) is 7.34. The van der Waals surface area contributed by atoms with Gasteiger partial charge in [-0.1, -0.05) is 6.92 Å². The number of thiophene rings is 1. The molecular formula is C16H19N3O4S2. The number of aryl methyl sites for hydroxylation is 1. The van der Waals surface area contributed by atoms with Crippen LogP contribution in [0.3, 0.4) is 0 Å². The van der Waals surface area contributed by atoms with Gasteiger partial charge in [0.15, 0.2) is 0 Å². The van der Waals surface area contributed by atoms with E-state index in [1.165, 1.54) is 49.7 Å². The Morgan fingerprint density at radius 2 is 1.80 bits per heavy atom. The Morgan fingerprint density at radius 3 is 2.28 bits per heavy atom. The molecule has 0 saturated heterocycles. The lowest BCUT2D eigenvalue weighted by Gasteiger charge is -2.11. The Labute approximate surface area is 150 Å². The van der Waals surface area contributed by atoms with Gasteiger partial charge < -0.3 is 11.1 Å². The highest BCUT2D eigenvalue weighted by Gasteiger charge is 2.19. The second-order valence-corrected chi connectivity index (χ2v) is 8.73. The van der Waals surface area contributed by atoms with Gasteiger partial charge in [-0.05, 0) is 36.8 Å². The van der Waals surface area contributed by atoms with Gasteiger partial charge in [-0.3, -0.25) is 9.59 Å². The number of hydrogen-bond acceptors (Lipinski definition) is 5. The van der Waals surface area contributed by atoms with Gasteiger partial charge in [0.05, 0.1) is 10.5 Å². The fourth-order valence-corrected chi connectivity index (χ4v) is 3.95. The molecule has 0 bridgehead atoms. The third-order valence-corrected chi connectivity index (χ3v) is 6.54. The van der Waals surface area contributed by atoms with Crippen LogP contribution in [0.5, 0.6) is 0 Å². The molecule has 134 valence electrons. The second-order valence-electron chi connectivity index (χ2n) is 5.44. The zero-order valence-electron chi connectivity index (χ0n) is 14.1. The Bertz CT molecular complexity index is 900. The normalized spacial score (nSPS) is 11.5. The number of nitrogens with two attached hydrogens (primary N) is 1. The number of nitrogens with one attached hydrogen (secondary N) is 1. The number of carbonyl (C=O) groups is 2. The number of carbonyl (C=O) groups excluding carboxylic acids is 2. The number of amides is 2. The van der Waals surface area contributed by atoms with Crippen LogP contribution in [0.2, 0.25) is 0 Å². The lowest BCUT2D eigenvalue weighted by Crippen LogP contribution is -2.22.